The molecule has 2 rings (SSSR count). The number of nitrogens with two attached hydrogens (primary N) is 1. The monoisotopic (exact) mass is 268 g/mol. The van der Waals surface area contributed by atoms with Gasteiger partial charge in [0, 0.05) is 12.3 Å². The first-order valence-corrected chi connectivity index (χ1v) is 6.19. The van der Waals surface area contributed by atoms with Crippen molar-refractivity contribution in [3.63, 3.8) is 0 Å². The van der Waals surface area contributed by atoms with E-state index in [1.165, 1.54) is 18.2 Å². The van der Waals surface area contributed by atoms with Crippen LogP contribution < -0.4 is 11.1 Å². The second kappa shape index (κ2) is 6.49. The van der Waals surface area contributed by atoms with Crippen molar-refractivity contribution in [2.75, 3.05) is 30.9 Å². The average molecular weight is 268 g/mol. The van der Waals surface area contributed by atoms with E-state index in [2.05, 4.69) is 5.32 Å². The third-order valence-corrected chi connectivity index (χ3v) is 2.84. The van der Waals surface area contributed by atoms with Gasteiger partial charge in [0.15, 0.2) is 0 Å². The summed E-state index contributed by atoms with van der Waals surface area (Å²) in [6, 6.07) is 4.05. The molecular weight excluding hydrogens is 251 g/mol. The Bertz CT molecular complexity index is 448. The largest absolute Gasteiger partial charge is 0.399 e. The molecule has 6 heteroatoms. The molecule has 1 atom stereocenters. The zero-order valence-corrected chi connectivity index (χ0v) is 10.5. The summed E-state index contributed by atoms with van der Waals surface area (Å²) in [5.41, 5.74) is 6.02. The van der Waals surface area contributed by atoms with E-state index in [0.29, 0.717) is 25.5 Å². The van der Waals surface area contributed by atoms with Gasteiger partial charge in [-0.3, -0.25) is 4.79 Å². The zero-order chi connectivity index (χ0) is 13.7. The number of halogens is 1. The van der Waals surface area contributed by atoms with Crippen molar-refractivity contribution in [2.45, 2.75) is 18.9 Å². The van der Waals surface area contributed by atoms with E-state index in [1.807, 2.05) is 0 Å². The average Bonchev–Trinajstić information content (AvgIpc) is 2.87. The molecule has 1 saturated heterocycles. The number of ether oxygens (including phenoxy) is 2. The van der Waals surface area contributed by atoms with Crippen LogP contribution in [0.1, 0.15) is 12.8 Å². The summed E-state index contributed by atoms with van der Waals surface area (Å²) in [6.45, 7) is 1.57. The molecule has 1 unspecified atom stereocenters. The molecule has 1 aliphatic rings. The second-order valence-electron chi connectivity index (χ2n) is 4.39. The number of nitrogens with one attached hydrogen (secondary N) is 1. The molecule has 5 nitrogen and oxygen atoms in total. The minimum absolute atomic E-state index is 0.0666. The number of benzene rings is 1. The molecule has 1 heterocycles. The highest BCUT2D eigenvalue weighted by Crippen LogP contribution is 2.17. The summed E-state index contributed by atoms with van der Waals surface area (Å²) in [4.78, 5) is 11.6. The summed E-state index contributed by atoms with van der Waals surface area (Å²) in [5, 5.41) is 2.47. The van der Waals surface area contributed by atoms with E-state index < -0.39 is 5.82 Å². The van der Waals surface area contributed by atoms with Gasteiger partial charge in [0.05, 0.1) is 31.4 Å². The first kappa shape index (κ1) is 13.8. The van der Waals surface area contributed by atoms with Gasteiger partial charge in [-0.25, -0.2) is 4.39 Å². The zero-order valence-electron chi connectivity index (χ0n) is 10.5. The fourth-order valence-corrected chi connectivity index (χ4v) is 1.81. The molecule has 0 bridgehead atoms. The summed E-state index contributed by atoms with van der Waals surface area (Å²) >= 11 is 0. The molecule has 0 aromatic heterocycles. The standard InChI is InChI=1S/C13H17FN2O3/c14-11-2-1-9(15)7-12(11)16-13(17)4-6-19-10-3-5-18-8-10/h1-2,7,10H,3-6,8,15H2,(H,16,17). The Kier molecular flexibility index (Phi) is 4.70. The van der Waals surface area contributed by atoms with E-state index in [9.17, 15) is 9.18 Å². The molecule has 3 N–H and O–H groups in total. The normalized spacial score (nSPS) is 18.5. The Morgan fingerprint density at radius 2 is 2.42 bits per heavy atom. The van der Waals surface area contributed by atoms with Crippen LogP contribution in [0.25, 0.3) is 0 Å². The molecule has 104 valence electrons. The van der Waals surface area contributed by atoms with Crippen molar-refractivity contribution in [3.8, 4) is 0 Å². The number of rotatable bonds is 5. The maximum absolute atomic E-state index is 13.4. The molecule has 0 spiro atoms. The molecule has 1 amide bonds. The van der Waals surface area contributed by atoms with Crippen molar-refractivity contribution in [3.05, 3.63) is 24.0 Å². The Labute approximate surface area is 110 Å². The minimum atomic E-state index is -0.507. The van der Waals surface area contributed by atoms with Crippen LogP contribution in [-0.4, -0.2) is 31.8 Å². The molecule has 1 aliphatic heterocycles. The van der Waals surface area contributed by atoms with Crippen LogP contribution in [0.2, 0.25) is 0 Å². The molecule has 1 fully saturated rings. The van der Waals surface area contributed by atoms with Gasteiger partial charge in [0.1, 0.15) is 5.82 Å². The maximum atomic E-state index is 13.4. The van der Waals surface area contributed by atoms with E-state index in [4.69, 9.17) is 15.2 Å². The van der Waals surface area contributed by atoms with Crippen LogP contribution in [0.15, 0.2) is 18.2 Å². The third kappa shape index (κ3) is 4.18. The number of carbonyl (C=O) groups excluding carboxylic acids is 1. The third-order valence-electron chi connectivity index (χ3n) is 2.84. The fraction of sp³-hybridized carbons (Fsp3) is 0.462. The lowest BCUT2D eigenvalue weighted by atomic mass is 10.2. The highest BCUT2D eigenvalue weighted by Gasteiger charge is 2.16. The Balaban J connectivity index is 1.75. The van der Waals surface area contributed by atoms with Crippen LogP contribution in [0.3, 0.4) is 0 Å². The summed E-state index contributed by atoms with van der Waals surface area (Å²) in [5.74, 6) is -0.809. The van der Waals surface area contributed by atoms with Gasteiger partial charge in [-0.05, 0) is 24.6 Å². The van der Waals surface area contributed by atoms with Crippen molar-refractivity contribution < 1.29 is 18.7 Å². The van der Waals surface area contributed by atoms with Crippen molar-refractivity contribution in [1.29, 1.82) is 0 Å². The summed E-state index contributed by atoms with van der Waals surface area (Å²) in [6.07, 6.45) is 1.09. The quantitative estimate of drug-likeness (QED) is 0.794. The molecular formula is C13H17FN2O3. The van der Waals surface area contributed by atoms with E-state index in [0.717, 1.165) is 6.42 Å². The van der Waals surface area contributed by atoms with Gasteiger partial charge in [-0.2, -0.15) is 0 Å². The van der Waals surface area contributed by atoms with Crippen LogP contribution in [0.4, 0.5) is 15.8 Å². The highest BCUT2D eigenvalue weighted by atomic mass is 19.1. The molecule has 0 saturated carbocycles. The number of carbonyl (C=O) groups is 1. The van der Waals surface area contributed by atoms with Crippen molar-refractivity contribution >= 4 is 17.3 Å². The predicted octanol–water partition coefficient (Wildman–Crippen LogP) is 1.54. The second-order valence-corrected chi connectivity index (χ2v) is 4.39. The van der Waals surface area contributed by atoms with Gasteiger partial charge in [-0.1, -0.05) is 0 Å². The number of amides is 1. The van der Waals surface area contributed by atoms with Crippen molar-refractivity contribution in [1.82, 2.24) is 0 Å². The van der Waals surface area contributed by atoms with Gasteiger partial charge in [-0.15, -0.1) is 0 Å². The van der Waals surface area contributed by atoms with Gasteiger partial charge < -0.3 is 20.5 Å². The van der Waals surface area contributed by atoms with Gasteiger partial charge in [0.2, 0.25) is 5.91 Å². The lowest BCUT2D eigenvalue weighted by Gasteiger charge is -2.10. The minimum Gasteiger partial charge on any atom is -0.399 e. The van der Waals surface area contributed by atoms with Crippen molar-refractivity contribution in [2.24, 2.45) is 0 Å². The van der Waals surface area contributed by atoms with Crippen LogP contribution in [0, 0.1) is 5.82 Å². The van der Waals surface area contributed by atoms with Gasteiger partial charge >= 0.3 is 0 Å². The van der Waals surface area contributed by atoms with E-state index in [1.54, 1.807) is 0 Å². The fourth-order valence-electron chi connectivity index (χ4n) is 1.81. The van der Waals surface area contributed by atoms with E-state index in [-0.39, 0.29) is 24.1 Å². The molecule has 1 aromatic carbocycles. The first-order chi connectivity index (χ1) is 9.15. The maximum Gasteiger partial charge on any atom is 0.226 e. The highest BCUT2D eigenvalue weighted by molar-refractivity contribution is 5.91. The van der Waals surface area contributed by atoms with Crippen LogP contribution in [-0.2, 0) is 14.3 Å². The number of anilines is 2. The lowest BCUT2D eigenvalue weighted by Crippen LogP contribution is -2.19. The number of nitrogen functional groups attached to an aromatic ring is 1. The Morgan fingerprint density at radius 1 is 1.58 bits per heavy atom. The van der Waals surface area contributed by atoms with Crippen LogP contribution >= 0.6 is 0 Å². The molecule has 0 radical (unpaired) electrons. The first-order valence-electron chi connectivity index (χ1n) is 6.19. The predicted molar refractivity (Wildman–Crippen MR) is 69.2 cm³/mol. The SMILES string of the molecule is Nc1ccc(F)c(NC(=O)CCOC2CCOC2)c1. The summed E-state index contributed by atoms with van der Waals surface area (Å²) in [7, 11) is 0. The van der Waals surface area contributed by atoms with Gasteiger partial charge in [0.25, 0.3) is 0 Å². The summed E-state index contributed by atoms with van der Waals surface area (Å²) < 4.78 is 24.0. The lowest BCUT2D eigenvalue weighted by molar-refractivity contribution is -0.117. The molecule has 0 aliphatic carbocycles. The molecule has 1 aromatic rings. The Hall–Kier alpha value is -1.66. The molecule has 19 heavy (non-hydrogen) atoms. The number of hydrogen-bond acceptors (Lipinski definition) is 4. The Morgan fingerprint density at radius 3 is 3.16 bits per heavy atom. The topological polar surface area (TPSA) is 73.6 Å². The number of hydrogen-bond donors (Lipinski definition) is 2. The smallest absolute Gasteiger partial charge is 0.226 e. The van der Waals surface area contributed by atoms with E-state index >= 15 is 0 Å². The van der Waals surface area contributed by atoms with Crippen LogP contribution in [0.5, 0.6) is 0 Å².